The Hall–Kier alpha value is -1.36. The van der Waals surface area contributed by atoms with Gasteiger partial charge in [0.25, 0.3) is 0 Å². The van der Waals surface area contributed by atoms with E-state index in [2.05, 4.69) is 22.4 Å². The summed E-state index contributed by atoms with van der Waals surface area (Å²) >= 11 is 0. The second-order valence-corrected chi connectivity index (χ2v) is 5.11. The number of nitrogens with one attached hydrogen (secondary N) is 2. The Kier molecular flexibility index (Phi) is 3.47. The molecule has 4 N–H and O–H groups in total. The first-order chi connectivity index (χ1) is 8.16. The first kappa shape index (κ1) is 12.1. The molecule has 1 aromatic rings. The van der Waals surface area contributed by atoms with Crippen molar-refractivity contribution < 1.29 is 4.79 Å². The van der Waals surface area contributed by atoms with Crippen LogP contribution in [0.4, 0.5) is 5.69 Å². The maximum Gasteiger partial charge on any atom is 0.231 e. The van der Waals surface area contributed by atoms with Gasteiger partial charge in [-0.1, -0.05) is 6.92 Å². The van der Waals surface area contributed by atoms with Crippen LogP contribution in [0.2, 0.25) is 0 Å². The first-order valence-electron chi connectivity index (χ1n) is 6.16. The molecule has 0 unspecified atom stereocenters. The molecule has 0 bridgehead atoms. The van der Waals surface area contributed by atoms with E-state index in [1.165, 1.54) is 0 Å². The van der Waals surface area contributed by atoms with E-state index in [-0.39, 0.29) is 11.3 Å². The highest BCUT2D eigenvalue weighted by molar-refractivity contribution is 5.95. The summed E-state index contributed by atoms with van der Waals surface area (Å²) in [7, 11) is 0. The van der Waals surface area contributed by atoms with Crippen LogP contribution >= 0.6 is 0 Å². The number of nitrogens with two attached hydrogens (primary N) is 1. The van der Waals surface area contributed by atoms with Crippen molar-refractivity contribution in [3.63, 3.8) is 0 Å². The molecule has 2 rings (SSSR count). The van der Waals surface area contributed by atoms with Crippen LogP contribution in [0.1, 0.15) is 32.6 Å². The Morgan fingerprint density at radius 2 is 2.35 bits per heavy atom. The number of rotatable bonds is 3. The highest BCUT2D eigenvalue weighted by atomic mass is 16.2. The Morgan fingerprint density at radius 1 is 1.65 bits per heavy atom. The van der Waals surface area contributed by atoms with Crippen molar-refractivity contribution in [1.29, 1.82) is 0 Å². The number of H-pyrrole nitrogens is 1. The van der Waals surface area contributed by atoms with Crippen molar-refractivity contribution in [2.75, 3.05) is 11.9 Å². The summed E-state index contributed by atoms with van der Waals surface area (Å²) in [5, 5.41) is 9.38. The SMILES string of the molecule is CC1CCC(CN)(C(=O)Nc2cn[nH]c2)CC1. The molecular formula is C12H20N4O. The van der Waals surface area contributed by atoms with Gasteiger partial charge in [-0.25, -0.2) is 0 Å². The standard InChI is InChI=1S/C12H20N4O/c1-9-2-4-12(8-13,5-3-9)11(17)16-10-6-14-15-7-10/h6-7,9H,2-5,8,13H2,1H3,(H,14,15)(H,16,17). The predicted molar refractivity (Wildman–Crippen MR) is 66.3 cm³/mol. The molecule has 1 saturated carbocycles. The van der Waals surface area contributed by atoms with Crippen LogP contribution < -0.4 is 11.1 Å². The van der Waals surface area contributed by atoms with Gasteiger partial charge in [-0.3, -0.25) is 9.89 Å². The van der Waals surface area contributed by atoms with Crippen molar-refractivity contribution in [1.82, 2.24) is 10.2 Å². The summed E-state index contributed by atoms with van der Waals surface area (Å²) in [5.41, 5.74) is 6.15. The highest BCUT2D eigenvalue weighted by Crippen LogP contribution is 2.38. The number of anilines is 1. The molecule has 94 valence electrons. The van der Waals surface area contributed by atoms with Crippen molar-refractivity contribution in [2.45, 2.75) is 32.6 Å². The summed E-state index contributed by atoms with van der Waals surface area (Å²) in [5.74, 6) is 0.740. The van der Waals surface area contributed by atoms with Crippen molar-refractivity contribution >= 4 is 11.6 Å². The minimum absolute atomic E-state index is 0.0355. The van der Waals surface area contributed by atoms with Gasteiger partial charge in [0.2, 0.25) is 5.91 Å². The predicted octanol–water partition coefficient (Wildman–Crippen LogP) is 1.50. The summed E-state index contributed by atoms with van der Waals surface area (Å²) in [6.07, 6.45) is 7.20. The lowest BCUT2D eigenvalue weighted by Gasteiger charge is -2.36. The molecule has 17 heavy (non-hydrogen) atoms. The molecule has 1 aliphatic rings. The molecule has 0 radical (unpaired) electrons. The fourth-order valence-electron chi connectivity index (χ4n) is 2.42. The molecule has 5 heteroatoms. The zero-order valence-corrected chi connectivity index (χ0v) is 10.2. The van der Waals surface area contributed by atoms with Gasteiger partial charge >= 0.3 is 0 Å². The maximum atomic E-state index is 12.3. The molecule has 0 aliphatic heterocycles. The Balaban J connectivity index is 2.05. The Labute approximate surface area is 101 Å². The molecule has 1 amide bonds. The van der Waals surface area contributed by atoms with Gasteiger partial charge in [-0.2, -0.15) is 5.10 Å². The fraction of sp³-hybridized carbons (Fsp3) is 0.667. The van der Waals surface area contributed by atoms with Gasteiger partial charge in [0, 0.05) is 12.7 Å². The molecule has 0 saturated heterocycles. The molecule has 1 aromatic heterocycles. The molecular weight excluding hydrogens is 216 g/mol. The summed E-state index contributed by atoms with van der Waals surface area (Å²) < 4.78 is 0. The van der Waals surface area contributed by atoms with Gasteiger partial charge in [0.05, 0.1) is 17.3 Å². The van der Waals surface area contributed by atoms with E-state index in [0.717, 1.165) is 25.7 Å². The van der Waals surface area contributed by atoms with E-state index in [9.17, 15) is 4.79 Å². The third-order valence-corrected chi connectivity index (χ3v) is 3.86. The van der Waals surface area contributed by atoms with Gasteiger partial charge in [-0.15, -0.1) is 0 Å². The molecule has 0 spiro atoms. The third-order valence-electron chi connectivity index (χ3n) is 3.86. The van der Waals surface area contributed by atoms with E-state index in [4.69, 9.17) is 5.73 Å². The van der Waals surface area contributed by atoms with Crippen LogP contribution in [0.15, 0.2) is 12.4 Å². The molecule has 5 nitrogen and oxygen atoms in total. The zero-order chi connectivity index (χ0) is 12.3. The van der Waals surface area contributed by atoms with Crippen molar-refractivity contribution in [2.24, 2.45) is 17.1 Å². The molecule has 0 aromatic carbocycles. The summed E-state index contributed by atoms with van der Waals surface area (Å²) in [6.45, 7) is 2.65. The second-order valence-electron chi connectivity index (χ2n) is 5.11. The normalized spacial score (nSPS) is 28.9. The second kappa shape index (κ2) is 4.87. The van der Waals surface area contributed by atoms with E-state index in [1.807, 2.05) is 0 Å². The highest BCUT2D eigenvalue weighted by Gasteiger charge is 2.39. The molecule has 1 heterocycles. The first-order valence-corrected chi connectivity index (χ1v) is 6.16. The number of aromatic nitrogens is 2. The monoisotopic (exact) mass is 236 g/mol. The van der Waals surface area contributed by atoms with Crippen molar-refractivity contribution in [3.05, 3.63) is 12.4 Å². The molecule has 1 fully saturated rings. The van der Waals surface area contributed by atoms with E-state index in [1.54, 1.807) is 12.4 Å². The number of carbonyl (C=O) groups excluding carboxylic acids is 1. The summed E-state index contributed by atoms with van der Waals surface area (Å²) in [6, 6.07) is 0. The van der Waals surface area contributed by atoms with Crippen LogP contribution in [0.25, 0.3) is 0 Å². The maximum absolute atomic E-state index is 12.3. The number of hydrogen-bond acceptors (Lipinski definition) is 3. The van der Waals surface area contributed by atoms with Crippen LogP contribution in [0.3, 0.4) is 0 Å². The lowest BCUT2D eigenvalue weighted by molar-refractivity contribution is -0.127. The number of nitrogens with zero attached hydrogens (tertiary/aromatic N) is 1. The number of amides is 1. The number of hydrogen-bond donors (Lipinski definition) is 3. The van der Waals surface area contributed by atoms with Gasteiger partial charge in [-0.05, 0) is 31.6 Å². The molecule has 1 aliphatic carbocycles. The van der Waals surface area contributed by atoms with Crippen LogP contribution in [0, 0.1) is 11.3 Å². The average Bonchev–Trinajstić information content (AvgIpc) is 2.83. The van der Waals surface area contributed by atoms with Crippen LogP contribution in [-0.4, -0.2) is 22.6 Å². The van der Waals surface area contributed by atoms with Gasteiger partial charge in [0.15, 0.2) is 0 Å². The topological polar surface area (TPSA) is 83.8 Å². The summed E-state index contributed by atoms with van der Waals surface area (Å²) in [4.78, 5) is 12.3. The van der Waals surface area contributed by atoms with Crippen molar-refractivity contribution in [3.8, 4) is 0 Å². The van der Waals surface area contributed by atoms with Gasteiger partial charge in [0.1, 0.15) is 0 Å². The lowest BCUT2D eigenvalue weighted by Crippen LogP contribution is -2.44. The minimum Gasteiger partial charge on any atom is -0.329 e. The number of carbonyl (C=O) groups is 1. The minimum atomic E-state index is -0.385. The Bertz CT molecular complexity index is 366. The largest absolute Gasteiger partial charge is 0.329 e. The number of aromatic amines is 1. The van der Waals surface area contributed by atoms with E-state index in [0.29, 0.717) is 18.2 Å². The average molecular weight is 236 g/mol. The van der Waals surface area contributed by atoms with E-state index < -0.39 is 0 Å². The fourth-order valence-corrected chi connectivity index (χ4v) is 2.42. The zero-order valence-electron chi connectivity index (χ0n) is 10.2. The Morgan fingerprint density at radius 3 is 2.88 bits per heavy atom. The van der Waals surface area contributed by atoms with Crippen LogP contribution in [0.5, 0.6) is 0 Å². The van der Waals surface area contributed by atoms with Crippen LogP contribution in [-0.2, 0) is 4.79 Å². The smallest absolute Gasteiger partial charge is 0.231 e. The quantitative estimate of drug-likeness (QED) is 0.743. The third kappa shape index (κ3) is 2.49. The molecule has 0 atom stereocenters. The lowest BCUT2D eigenvalue weighted by atomic mass is 9.70. The van der Waals surface area contributed by atoms with Gasteiger partial charge < -0.3 is 11.1 Å². The van der Waals surface area contributed by atoms with E-state index >= 15 is 0 Å².